The number of nitrogens with zero attached hydrogens (tertiary/aromatic N) is 1. The van der Waals surface area contributed by atoms with Gasteiger partial charge in [-0.15, -0.1) is 0 Å². The lowest BCUT2D eigenvalue weighted by atomic mass is 10.1. The van der Waals surface area contributed by atoms with Crippen molar-refractivity contribution in [3.8, 4) is 5.75 Å². The number of halogens is 1. The zero-order valence-electron chi connectivity index (χ0n) is 12.1. The molecule has 1 N–H and O–H groups in total. The zero-order chi connectivity index (χ0) is 15.1. The van der Waals surface area contributed by atoms with E-state index in [1.165, 1.54) is 11.6 Å². The Kier molecular flexibility index (Phi) is 5.72. The Balaban J connectivity index is 1.76. The van der Waals surface area contributed by atoms with E-state index in [0.717, 1.165) is 12.1 Å². The van der Waals surface area contributed by atoms with Crippen molar-refractivity contribution in [2.45, 2.75) is 13.2 Å². The van der Waals surface area contributed by atoms with Gasteiger partial charge in [0.05, 0.1) is 6.61 Å². The highest BCUT2D eigenvalue weighted by Gasteiger charge is 2.04. The third kappa shape index (κ3) is 4.85. The van der Waals surface area contributed by atoms with E-state index in [0.29, 0.717) is 13.2 Å². The minimum absolute atomic E-state index is 0.0621. The van der Waals surface area contributed by atoms with Crippen LogP contribution in [0, 0.1) is 5.82 Å². The molecular formula is C17H20FNO2. The molecule has 0 radical (unpaired) electrons. The molecule has 2 rings (SSSR count). The van der Waals surface area contributed by atoms with E-state index in [4.69, 9.17) is 9.84 Å². The maximum Gasteiger partial charge on any atom is 0.165 e. The molecule has 0 heterocycles. The Morgan fingerprint density at radius 3 is 2.38 bits per heavy atom. The third-order valence-electron chi connectivity index (χ3n) is 3.23. The average molecular weight is 289 g/mol. The normalized spacial score (nSPS) is 10.9. The topological polar surface area (TPSA) is 32.7 Å². The van der Waals surface area contributed by atoms with E-state index >= 15 is 0 Å². The van der Waals surface area contributed by atoms with E-state index in [2.05, 4.69) is 4.90 Å². The largest absolute Gasteiger partial charge is 0.489 e. The van der Waals surface area contributed by atoms with Gasteiger partial charge in [0.25, 0.3) is 0 Å². The van der Waals surface area contributed by atoms with Gasteiger partial charge >= 0.3 is 0 Å². The second-order valence-electron chi connectivity index (χ2n) is 4.99. The number of aliphatic hydroxyl groups is 1. The van der Waals surface area contributed by atoms with Gasteiger partial charge in [0, 0.05) is 13.1 Å². The molecule has 0 saturated carbocycles. The number of likely N-dealkylation sites (N-methyl/N-ethyl adjacent to an activating group) is 1. The molecule has 3 nitrogen and oxygen atoms in total. The molecule has 0 aliphatic rings. The molecule has 0 aliphatic heterocycles. The first-order chi connectivity index (χ1) is 10.2. The summed E-state index contributed by atoms with van der Waals surface area (Å²) in [5, 5.41) is 9.00. The van der Waals surface area contributed by atoms with Crippen LogP contribution in [0.5, 0.6) is 5.75 Å². The van der Waals surface area contributed by atoms with Gasteiger partial charge in [-0.3, -0.25) is 4.90 Å². The van der Waals surface area contributed by atoms with Crippen LogP contribution in [-0.2, 0) is 13.2 Å². The smallest absolute Gasteiger partial charge is 0.165 e. The number of hydrogen-bond acceptors (Lipinski definition) is 3. The van der Waals surface area contributed by atoms with Gasteiger partial charge in [-0.2, -0.15) is 0 Å². The fraction of sp³-hybridized carbons (Fsp3) is 0.294. The lowest BCUT2D eigenvalue weighted by Gasteiger charge is -2.17. The Hall–Kier alpha value is -1.91. The molecule has 2 aromatic rings. The maximum atomic E-state index is 13.4. The van der Waals surface area contributed by atoms with E-state index in [9.17, 15) is 4.39 Å². The van der Waals surface area contributed by atoms with Crippen LogP contribution in [0.1, 0.15) is 11.1 Å². The van der Waals surface area contributed by atoms with E-state index in [1.54, 1.807) is 18.2 Å². The summed E-state index contributed by atoms with van der Waals surface area (Å²) in [7, 11) is 1.99. The van der Waals surface area contributed by atoms with Crippen LogP contribution in [-0.4, -0.2) is 30.2 Å². The standard InChI is InChI=1S/C17H20FNO2/c1-19(12-14-6-8-15(13-20)9-7-14)10-11-21-17-5-3-2-4-16(17)18/h2-9,20H,10-13H2,1H3. The van der Waals surface area contributed by atoms with Crippen LogP contribution in [0.25, 0.3) is 0 Å². The SMILES string of the molecule is CN(CCOc1ccccc1F)Cc1ccc(CO)cc1. The molecule has 0 bridgehead atoms. The van der Waals surface area contributed by atoms with Gasteiger partial charge in [0.1, 0.15) is 6.61 Å². The molecular weight excluding hydrogens is 269 g/mol. The summed E-state index contributed by atoms with van der Waals surface area (Å²) in [4.78, 5) is 2.11. The molecule has 2 aromatic carbocycles. The Morgan fingerprint density at radius 2 is 1.71 bits per heavy atom. The lowest BCUT2D eigenvalue weighted by Crippen LogP contribution is -2.24. The van der Waals surface area contributed by atoms with E-state index < -0.39 is 0 Å². The molecule has 0 aliphatic carbocycles. The summed E-state index contributed by atoms with van der Waals surface area (Å²) in [5.41, 5.74) is 2.07. The van der Waals surface area contributed by atoms with Crippen molar-refractivity contribution in [3.05, 3.63) is 65.5 Å². The van der Waals surface area contributed by atoms with Crippen LogP contribution in [0.4, 0.5) is 4.39 Å². The molecule has 0 saturated heterocycles. The first kappa shape index (κ1) is 15.5. The average Bonchev–Trinajstić information content (AvgIpc) is 2.50. The highest BCUT2D eigenvalue weighted by molar-refractivity contribution is 5.23. The molecule has 0 amide bonds. The molecule has 112 valence electrons. The molecule has 0 spiro atoms. The van der Waals surface area contributed by atoms with Gasteiger partial charge in [0.2, 0.25) is 0 Å². The molecule has 0 fully saturated rings. The molecule has 21 heavy (non-hydrogen) atoms. The van der Waals surface area contributed by atoms with Gasteiger partial charge in [-0.25, -0.2) is 4.39 Å². The molecule has 0 unspecified atom stereocenters. The minimum atomic E-state index is -0.334. The first-order valence-electron chi connectivity index (χ1n) is 6.93. The van der Waals surface area contributed by atoms with Crippen molar-refractivity contribution >= 4 is 0 Å². The highest BCUT2D eigenvalue weighted by atomic mass is 19.1. The summed E-state index contributed by atoms with van der Waals surface area (Å²) in [6, 6.07) is 14.2. The second-order valence-corrected chi connectivity index (χ2v) is 4.99. The quantitative estimate of drug-likeness (QED) is 0.851. The van der Waals surface area contributed by atoms with Gasteiger partial charge < -0.3 is 9.84 Å². The molecule has 4 heteroatoms. The van der Waals surface area contributed by atoms with Gasteiger partial charge in [-0.05, 0) is 30.3 Å². The maximum absolute atomic E-state index is 13.4. The van der Waals surface area contributed by atoms with Crippen LogP contribution >= 0.6 is 0 Å². The minimum Gasteiger partial charge on any atom is -0.489 e. The van der Waals surface area contributed by atoms with Crippen LogP contribution in [0.3, 0.4) is 0 Å². The zero-order valence-corrected chi connectivity index (χ0v) is 12.1. The first-order valence-corrected chi connectivity index (χ1v) is 6.93. The predicted octanol–water partition coefficient (Wildman–Crippen LogP) is 2.83. The van der Waals surface area contributed by atoms with Crippen molar-refractivity contribution in [2.24, 2.45) is 0 Å². The van der Waals surface area contributed by atoms with Crippen molar-refractivity contribution in [1.29, 1.82) is 0 Å². The predicted molar refractivity (Wildman–Crippen MR) is 80.6 cm³/mol. The lowest BCUT2D eigenvalue weighted by molar-refractivity contribution is 0.226. The number of benzene rings is 2. The highest BCUT2D eigenvalue weighted by Crippen LogP contribution is 2.15. The third-order valence-corrected chi connectivity index (χ3v) is 3.23. The Morgan fingerprint density at radius 1 is 1.05 bits per heavy atom. The summed E-state index contributed by atoms with van der Waals surface area (Å²) in [6.07, 6.45) is 0. The van der Waals surface area contributed by atoms with Crippen molar-refractivity contribution in [1.82, 2.24) is 4.90 Å². The Bertz CT molecular complexity index is 557. The molecule has 0 aromatic heterocycles. The van der Waals surface area contributed by atoms with E-state index in [1.807, 2.05) is 31.3 Å². The number of ether oxygens (including phenoxy) is 1. The summed E-state index contributed by atoms with van der Waals surface area (Å²) >= 11 is 0. The van der Waals surface area contributed by atoms with Crippen molar-refractivity contribution in [2.75, 3.05) is 20.2 Å². The number of hydrogen-bond donors (Lipinski definition) is 1. The van der Waals surface area contributed by atoms with Gasteiger partial charge in [-0.1, -0.05) is 36.4 Å². The summed E-state index contributed by atoms with van der Waals surface area (Å²) in [6.45, 7) is 1.99. The van der Waals surface area contributed by atoms with E-state index in [-0.39, 0.29) is 18.2 Å². The fourth-order valence-electron chi connectivity index (χ4n) is 2.01. The van der Waals surface area contributed by atoms with Gasteiger partial charge in [0.15, 0.2) is 11.6 Å². The summed E-state index contributed by atoms with van der Waals surface area (Å²) < 4.78 is 18.8. The second kappa shape index (κ2) is 7.76. The van der Waals surface area contributed by atoms with Crippen LogP contribution < -0.4 is 4.74 Å². The Labute approximate surface area is 124 Å². The molecule has 0 atom stereocenters. The van der Waals surface area contributed by atoms with Crippen LogP contribution in [0.15, 0.2) is 48.5 Å². The monoisotopic (exact) mass is 289 g/mol. The van der Waals surface area contributed by atoms with Crippen molar-refractivity contribution < 1.29 is 14.2 Å². The number of aliphatic hydroxyl groups excluding tert-OH is 1. The van der Waals surface area contributed by atoms with Crippen LogP contribution in [0.2, 0.25) is 0 Å². The van der Waals surface area contributed by atoms with Crippen molar-refractivity contribution in [3.63, 3.8) is 0 Å². The summed E-state index contributed by atoms with van der Waals surface area (Å²) in [5.74, 6) is -0.0436. The fourth-order valence-corrected chi connectivity index (χ4v) is 2.01. The number of para-hydroxylation sites is 1. The number of rotatable bonds is 7.